The van der Waals surface area contributed by atoms with Gasteiger partial charge in [0.1, 0.15) is 5.78 Å². The SMILES string of the molecule is CC(C)=O.CC(N)=O.CCC(OC(C)=O)C(=O)O. The van der Waals surface area contributed by atoms with Crippen LogP contribution in [0.2, 0.25) is 0 Å². The van der Waals surface area contributed by atoms with Crippen LogP contribution in [0, 0.1) is 0 Å². The molecule has 0 aromatic heterocycles. The zero-order valence-electron chi connectivity index (χ0n) is 11.4. The number of carbonyl (C=O) groups is 4. The second-order valence-electron chi connectivity index (χ2n) is 3.36. The molecule has 1 amide bonds. The second kappa shape index (κ2) is 13.1. The zero-order valence-corrected chi connectivity index (χ0v) is 11.4. The fraction of sp³-hybridized carbons (Fsp3) is 0.636. The van der Waals surface area contributed by atoms with Gasteiger partial charge in [0.15, 0.2) is 6.10 Å². The standard InChI is InChI=1S/C6H10O4.C3H6O.C2H5NO/c1-3-5(6(8)9)10-4(2)7;1-3(2)4;1-2(3)4/h5H,3H2,1-2H3,(H,8,9);1-2H3;1H3,(H2,3,4). The number of rotatable bonds is 3. The highest BCUT2D eigenvalue weighted by molar-refractivity contribution is 5.76. The molecule has 0 aromatic rings. The van der Waals surface area contributed by atoms with Crippen LogP contribution in [0.15, 0.2) is 0 Å². The molecule has 0 aliphatic heterocycles. The number of ketones is 1. The molecule has 0 heterocycles. The average molecular weight is 263 g/mol. The van der Waals surface area contributed by atoms with E-state index in [9.17, 15) is 19.2 Å². The lowest BCUT2D eigenvalue weighted by Gasteiger charge is -2.08. The summed E-state index contributed by atoms with van der Waals surface area (Å²) >= 11 is 0. The van der Waals surface area contributed by atoms with E-state index >= 15 is 0 Å². The summed E-state index contributed by atoms with van der Waals surface area (Å²) in [6.45, 7) is 7.19. The molecule has 1 unspecified atom stereocenters. The topological polar surface area (TPSA) is 124 Å². The highest BCUT2D eigenvalue weighted by atomic mass is 16.6. The van der Waals surface area contributed by atoms with Crippen LogP contribution in [0.3, 0.4) is 0 Å². The third-order valence-corrected chi connectivity index (χ3v) is 0.954. The van der Waals surface area contributed by atoms with Gasteiger partial charge in [-0.15, -0.1) is 0 Å². The Morgan fingerprint density at radius 3 is 1.44 bits per heavy atom. The van der Waals surface area contributed by atoms with Gasteiger partial charge in [-0.05, 0) is 20.3 Å². The lowest BCUT2D eigenvalue weighted by molar-refractivity contribution is -0.162. The minimum absolute atomic E-state index is 0.167. The normalized spacial score (nSPS) is 9.61. The van der Waals surface area contributed by atoms with Gasteiger partial charge in [-0.1, -0.05) is 6.92 Å². The first-order valence-electron chi connectivity index (χ1n) is 5.17. The summed E-state index contributed by atoms with van der Waals surface area (Å²) in [6.07, 6.45) is -0.688. The van der Waals surface area contributed by atoms with E-state index in [1.54, 1.807) is 6.92 Å². The third-order valence-electron chi connectivity index (χ3n) is 0.954. The average Bonchev–Trinajstić information content (AvgIpc) is 2.11. The molecular formula is C11H21NO6. The van der Waals surface area contributed by atoms with Crippen molar-refractivity contribution in [3.63, 3.8) is 0 Å². The number of ether oxygens (including phenoxy) is 1. The highest BCUT2D eigenvalue weighted by Gasteiger charge is 2.16. The van der Waals surface area contributed by atoms with E-state index in [4.69, 9.17) is 5.11 Å². The molecule has 0 fully saturated rings. The highest BCUT2D eigenvalue weighted by Crippen LogP contribution is 1.97. The molecule has 106 valence electrons. The van der Waals surface area contributed by atoms with Crippen molar-refractivity contribution in [3.8, 4) is 0 Å². The fourth-order valence-electron chi connectivity index (χ4n) is 0.509. The first kappa shape index (κ1) is 21.4. The molecule has 0 spiro atoms. The lowest BCUT2D eigenvalue weighted by Crippen LogP contribution is -2.24. The van der Waals surface area contributed by atoms with E-state index in [1.807, 2.05) is 0 Å². The van der Waals surface area contributed by atoms with Crippen LogP contribution in [-0.2, 0) is 23.9 Å². The van der Waals surface area contributed by atoms with Crippen LogP contribution in [0.5, 0.6) is 0 Å². The number of nitrogens with two attached hydrogens (primary N) is 1. The van der Waals surface area contributed by atoms with Crippen molar-refractivity contribution >= 4 is 23.6 Å². The zero-order chi connectivity index (χ0) is 15.3. The molecule has 0 aromatic carbocycles. The number of esters is 1. The number of carboxylic acid groups (broad SMARTS) is 1. The Hall–Kier alpha value is -1.92. The number of primary amides is 1. The van der Waals surface area contributed by atoms with Crippen molar-refractivity contribution in [2.45, 2.75) is 47.1 Å². The maximum atomic E-state index is 10.2. The molecular weight excluding hydrogens is 242 g/mol. The van der Waals surface area contributed by atoms with Crippen LogP contribution in [0.4, 0.5) is 0 Å². The quantitative estimate of drug-likeness (QED) is 0.714. The van der Waals surface area contributed by atoms with Crippen LogP contribution in [0.1, 0.15) is 41.0 Å². The van der Waals surface area contributed by atoms with Crippen molar-refractivity contribution in [2.24, 2.45) is 5.73 Å². The van der Waals surface area contributed by atoms with Gasteiger partial charge in [-0.2, -0.15) is 0 Å². The van der Waals surface area contributed by atoms with E-state index in [2.05, 4.69) is 10.5 Å². The van der Waals surface area contributed by atoms with E-state index in [0.29, 0.717) is 6.42 Å². The van der Waals surface area contributed by atoms with Crippen molar-refractivity contribution in [1.82, 2.24) is 0 Å². The van der Waals surface area contributed by atoms with Gasteiger partial charge < -0.3 is 20.4 Å². The summed E-state index contributed by atoms with van der Waals surface area (Å²) in [7, 11) is 0. The molecule has 0 aliphatic carbocycles. The van der Waals surface area contributed by atoms with Crippen LogP contribution >= 0.6 is 0 Å². The Bertz CT molecular complexity index is 267. The van der Waals surface area contributed by atoms with Crippen molar-refractivity contribution < 1.29 is 29.0 Å². The number of carbonyl (C=O) groups excluding carboxylic acids is 3. The molecule has 18 heavy (non-hydrogen) atoms. The lowest BCUT2D eigenvalue weighted by atomic mass is 10.3. The van der Waals surface area contributed by atoms with E-state index in [-0.39, 0.29) is 11.7 Å². The predicted octanol–water partition coefficient (Wildman–Crippen LogP) is 0.500. The van der Waals surface area contributed by atoms with Gasteiger partial charge in [-0.3, -0.25) is 9.59 Å². The smallest absolute Gasteiger partial charge is 0.345 e. The van der Waals surface area contributed by atoms with Crippen LogP contribution in [-0.4, -0.2) is 34.8 Å². The van der Waals surface area contributed by atoms with E-state index < -0.39 is 18.0 Å². The van der Waals surface area contributed by atoms with Gasteiger partial charge in [0.2, 0.25) is 5.91 Å². The number of Topliss-reactive ketones (excluding diaryl/α,β-unsaturated/α-hetero) is 1. The Labute approximate surface area is 106 Å². The van der Waals surface area contributed by atoms with Crippen molar-refractivity contribution in [3.05, 3.63) is 0 Å². The molecule has 3 N–H and O–H groups in total. The van der Waals surface area contributed by atoms with Gasteiger partial charge in [0, 0.05) is 13.8 Å². The maximum Gasteiger partial charge on any atom is 0.345 e. The first-order valence-corrected chi connectivity index (χ1v) is 5.17. The molecule has 0 radical (unpaired) electrons. The third kappa shape index (κ3) is 36.9. The molecule has 0 bridgehead atoms. The fourth-order valence-corrected chi connectivity index (χ4v) is 0.509. The Kier molecular flexibility index (Phi) is 15.6. The van der Waals surface area contributed by atoms with Crippen molar-refractivity contribution in [1.29, 1.82) is 0 Å². The summed E-state index contributed by atoms with van der Waals surface area (Å²) in [5.74, 6) is -1.83. The van der Waals surface area contributed by atoms with Gasteiger partial charge >= 0.3 is 11.9 Å². The Balaban J connectivity index is -0.000000233. The largest absolute Gasteiger partial charge is 0.479 e. The number of hydrogen-bond donors (Lipinski definition) is 2. The summed E-state index contributed by atoms with van der Waals surface area (Å²) < 4.78 is 4.42. The predicted molar refractivity (Wildman–Crippen MR) is 64.7 cm³/mol. The Morgan fingerprint density at radius 1 is 1.11 bits per heavy atom. The molecule has 7 heteroatoms. The first-order chi connectivity index (χ1) is 8.04. The van der Waals surface area contributed by atoms with Crippen LogP contribution in [0.25, 0.3) is 0 Å². The number of carboxylic acids is 1. The maximum absolute atomic E-state index is 10.2. The molecule has 0 saturated heterocycles. The van der Waals surface area contributed by atoms with Gasteiger partial charge in [-0.25, -0.2) is 4.79 Å². The molecule has 1 atom stereocenters. The van der Waals surface area contributed by atoms with E-state index in [1.165, 1.54) is 27.7 Å². The monoisotopic (exact) mass is 263 g/mol. The van der Waals surface area contributed by atoms with Gasteiger partial charge in [0.05, 0.1) is 0 Å². The van der Waals surface area contributed by atoms with E-state index in [0.717, 1.165) is 0 Å². The Morgan fingerprint density at radius 2 is 1.39 bits per heavy atom. The summed E-state index contributed by atoms with van der Waals surface area (Å²) in [5, 5.41) is 8.34. The molecule has 0 saturated carbocycles. The number of amides is 1. The summed E-state index contributed by atoms with van der Waals surface area (Å²) in [5.41, 5.74) is 4.47. The molecule has 0 rings (SSSR count). The van der Waals surface area contributed by atoms with Crippen LogP contribution < -0.4 is 5.73 Å². The minimum Gasteiger partial charge on any atom is -0.479 e. The van der Waals surface area contributed by atoms with Crippen molar-refractivity contribution in [2.75, 3.05) is 0 Å². The number of aliphatic carboxylic acids is 1. The minimum atomic E-state index is -1.10. The number of hydrogen-bond acceptors (Lipinski definition) is 5. The summed E-state index contributed by atoms with van der Waals surface area (Å²) in [6, 6.07) is 0. The summed E-state index contributed by atoms with van der Waals surface area (Å²) in [4.78, 5) is 39.1. The second-order valence-corrected chi connectivity index (χ2v) is 3.36. The molecule has 7 nitrogen and oxygen atoms in total. The van der Waals surface area contributed by atoms with Gasteiger partial charge in [0.25, 0.3) is 0 Å². The molecule has 0 aliphatic rings.